The average Bonchev–Trinajstić information content (AvgIpc) is 3.39. The van der Waals surface area contributed by atoms with Crippen LogP contribution in [0.2, 0.25) is 5.02 Å². The summed E-state index contributed by atoms with van der Waals surface area (Å²) in [4.78, 5) is 17.5. The van der Waals surface area contributed by atoms with Gasteiger partial charge in [-0.25, -0.2) is 9.50 Å². The number of allylic oxidation sites excluding steroid dienone is 1. The van der Waals surface area contributed by atoms with Gasteiger partial charge < -0.3 is 14.2 Å². The van der Waals surface area contributed by atoms with Gasteiger partial charge in [-0.1, -0.05) is 41.9 Å². The van der Waals surface area contributed by atoms with E-state index in [2.05, 4.69) is 0 Å². The summed E-state index contributed by atoms with van der Waals surface area (Å²) in [6, 6.07) is 24.1. The number of carbonyl (C=O) groups excluding carboxylic acids is 1. The molecular weight excluding hydrogens is 502 g/mol. The number of nitrogens with zero attached hydrogens (tertiary/aromatic N) is 3. The zero-order chi connectivity index (χ0) is 26.6. The van der Waals surface area contributed by atoms with Crippen LogP contribution in [0.25, 0.3) is 34.2 Å². The number of rotatable bonds is 8. The van der Waals surface area contributed by atoms with Crippen molar-refractivity contribution in [2.75, 3.05) is 21.3 Å². The van der Waals surface area contributed by atoms with E-state index < -0.39 is 0 Å². The molecule has 0 spiro atoms. The molecule has 2 heterocycles. The van der Waals surface area contributed by atoms with Crippen molar-refractivity contribution < 1.29 is 19.0 Å². The Hall–Kier alpha value is -4.62. The molecule has 0 unspecified atom stereocenters. The van der Waals surface area contributed by atoms with Crippen molar-refractivity contribution in [3.05, 3.63) is 101 Å². The summed E-state index contributed by atoms with van der Waals surface area (Å²) < 4.78 is 18.4. The number of carbonyl (C=O) groups is 1. The number of fused-ring (bicyclic) bond motifs is 1. The van der Waals surface area contributed by atoms with Crippen molar-refractivity contribution in [2.24, 2.45) is 0 Å². The van der Waals surface area contributed by atoms with Crippen molar-refractivity contribution in [3.8, 4) is 39.8 Å². The van der Waals surface area contributed by atoms with Crippen LogP contribution < -0.4 is 14.2 Å². The lowest BCUT2D eigenvalue weighted by Gasteiger charge is -2.15. The maximum Gasteiger partial charge on any atom is 0.203 e. The minimum atomic E-state index is -0.156. The van der Waals surface area contributed by atoms with Crippen LogP contribution in [0.3, 0.4) is 0 Å². The number of hydrogen-bond donors (Lipinski definition) is 0. The first kappa shape index (κ1) is 25.0. The van der Waals surface area contributed by atoms with Gasteiger partial charge in [-0.15, -0.1) is 0 Å². The van der Waals surface area contributed by atoms with Crippen LogP contribution in [0.1, 0.15) is 16.1 Å². The molecule has 0 amide bonds. The number of aromatic nitrogens is 3. The Morgan fingerprint density at radius 2 is 1.53 bits per heavy atom. The highest BCUT2D eigenvalue weighted by molar-refractivity contribution is 6.30. The molecule has 0 N–H and O–H groups in total. The summed E-state index contributed by atoms with van der Waals surface area (Å²) >= 11 is 5.96. The lowest BCUT2D eigenvalue weighted by atomic mass is 10.1. The Morgan fingerprint density at radius 1 is 0.842 bits per heavy atom. The molecule has 0 aliphatic heterocycles. The van der Waals surface area contributed by atoms with E-state index in [4.69, 9.17) is 35.9 Å². The van der Waals surface area contributed by atoms with Gasteiger partial charge in [-0.3, -0.25) is 4.79 Å². The molecule has 5 aromatic rings. The van der Waals surface area contributed by atoms with Crippen molar-refractivity contribution in [3.63, 3.8) is 0 Å². The second-order valence-electron chi connectivity index (χ2n) is 8.35. The number of ether oxygens (including phenoxy) is 3. The number of hydrogen-bond acceptors (Lipinski definition) is 6. The third-order valence-electron chi connectivity index (χ3n) is 6.01. The summed E-state index contributed by atoms with van der Waals surface area (Å²) in [6.07, 6.45) is 3.18. The standard InChI is InChI=1S/C30H24ClN3O4/c1-36-27-15-21(16-28(37-2)30(27)38-3)25-17-23(13-14-26(35)20-9-11-22(31)12-10-20)32-29-18-24(33-34(25)29)19-7-5-4-6-8-19/h4-18H,1-3H3/b14-13+. The normalized spacial score (nSPS) is 11.2. The van der Waals surface area contributed by atoms with Crippen LogP contribution in [0.15, 0.2) is 84.9 Å². The zero-order valence-corrected chi connectivity index (χ0v) is 21.8. The van der Waals surface area contributed by atoms with E-state index in [9.17, 15) is 4.79 Å². The van der Waals surface area contributed by atoms with E-state index in [1.165, 1.54) is 6.08 Å². The SMILES string of the molecule is COc1cc(-c2cc(/C=C/C(=O)c3ccc(Cl)cc3)nc3cc(-c4ccccc4)nn23)cc(OC)c1OC. The summed E-state index contributed by atoms with van der Waals surface area (Å²) in [5, 5.41) is 5.41. The third kappa shape index (κ3) is 4.96. The van der Waals surface area contributed by atoms with Crippen LogP contribution in [-0.2, 0) is 0 Å². The molecule has 0 saturated carbocycles. The lowest BCUT2D eigenvalue weighted by molar-refractivity contribution is 0.104. The Balaban J connectivity index is 1.66. The molecule has 190 valence electrons. The first-order chi connectivity index (χ1) is 18.5. The second kappa shape index (κ2) is 10.8. The second-order valence-corrected chi connectivity index (χ2v) is 8.79. The smallest absolute Gasteiger partial charge is 0.203 e. The van der Waals surface area contributed by atoms with Gasteiger partial charge >= 0.3 is 0 Å². The highest BCUT2D eigenvalue weighted by Gasteiger charge is 2.18. The fourth-order valence-corrected chi connectivity index (χ4v) is 4.26. The molecule has 2 aromatic heterocycles. The molecule has 0 bridgehead atoms. The monoisotopic (exact) mass is 525 g/mol. The maximum atomic E-state index is 12.8. The van der Waals surface area contributed by atoms with Gasteiger partial charge in [0.1, 0.15) is 0 Å². The molecule has 38 heavy (non-hydrogen) atoms. The van der Waals surface area contributed by atoms with E-state index in [0.29, 0.717) is 39.2 Å². The van der Waals surface area contributed by atoms with Gasteiger partial charge in [0.05, 0.1) is 38.4 Å². The molecule has 0 aliphatic rings. The van der Waals surface area contributed by atoms with Crippen molar-refractivity contribution in [2.45, 2.75) is 0 Å². The zero-order valence-electron chi connectivity index (χ0n) is 21.0. The number of ketones is 1. The molecule has 0 aliphatic carbocycles. The molecule has 0 saturated heterocycles. The minimum Gasteiger partial charge on any atom is -0.493 e. The highest BCUT2D eigenvalue weighted by atomic mass is 35.5. The molecular formula is C30H24ClN3O4. The number of benzene rings is 3. The largest absolute Gasteiger partial charge is 0.493 e. The Bertz CT molecular complexity index is 1620. The molecule has 5 rings (SSSR count). The Labute approximate surface area is 224 Å². The molecule has 0 atom stereocenters. The predicted molar refractivity (Wildman–Crippen MR) is 148 cm³/mol. The third-order valence-corrected chi connectivity index (χ3v) is 6.26. The van der Waals surface area contributed by atoms with Crippen LogP contribution in [0.4, 0.5) is 0 Å². The predicted octanol–water partition coefficient (Wildman–Crippen LogP) is 6.64. The Morgan fingerprint density at radius 3 is 2.16 bits per heavy atom. The van der Waals surface area contributed by atoms with Crippen molar-refractivity contribution >= 4 is 29.1 Å². The maximum absolute atomic E-state index is 12.8. The van der Waals surface area contributed by atoms with E-state index >= 15 is 0 Å². The summed E-state index contributed by atoms with van der Waals surface area (Å²) in [5.74, 6) is 1.36. The number of halogens is 1. The van der Waals surface area contributed by atoms with Crippen molar-refractivity contribution in [1.29, 1.82) is 0 Å². The van der Waals surface area contributed by atoms with Gasteiger partial charge in [0.15, 0.2) is 22.9 Å². The van der Waals surface area contributed by atoms with Crippen molar-refractivity contribution in [1.82, 2.24) is 14.6 Å². The van der Waals surface area contributed by atoms with E-state index in [1.807, 2.05) is 54.6 Å². The molecule has 0 fully saturated rings. The van der Waals surface area contributed by atoms with Gasteiger partial charge in [0, 0.05) is 27.8 Å². The van der Waals surface area contributed by atoms with Gasteiger partial charge in [-0.05, 0) is 54.6 Å². The first-order valence-corrected chi connectivity index (χ1v) is 12.1. The number of methoxy groups -OCH3 is 3. The van der Waals surface area contributed by atoms with Gasteiger partial charge in [-0.2, -0.15) is 5.10 Å². The van der Waals surface area contributed by atoms with E-state index in [0.717, 1.165) is 22.5 Å². The first-order valence-electron chi connectivity index (χ1n) is 11.8. The van der Waals surface area contributed by atoms with Crippen LogP contribution in [-0.4, -0.2) is 41.7 Å². The summed E-state index contributed by atoms with van der Waals surface area (Å²) in [7, 11) is 4.70. The molecule has 8 heteroatoms. The average molecular weight is 526 g/mol. The fourth-order valence-electron chi connectivity index (χ4n) is 4.14. The van der Waals surface area contributed by atoms with Gasteiger partial charge in [0.25, 0.3) is 0 Å². The molecule has 7 nitrogen and oxygen atoms in total. The molecule has 3 aromatic carbocycles. The van der Waals surface area contributed by atoms with E-state index in [-0.39, 0.29) is 5.78 Å². The lowest BCUT2D eigenvalue weighted by Crippen LogP contribution is -2.01. The van der Waals surface area contributed by atoms with Gasteiger partial charge in [0.2, 0.25) is 5.75 Å². The van der Waals surface area contributed by atoms with Crippen LogP contribution in [0.5, 0.6) is 17.2 Å². The minimum absolute atomic E-state index is 0.156. The quantitative estimate of drug-likeness (QED) is 0.167. The van der Waals surface area contributed by atoms with Crippen LogP contribution in [0, 0.1) is 0 Å². The summed E-state index contributed by atoms with van der Waals surface area (Å²) in [5.41, 5.74) is 4.97. The topological polar surface area (TPSA) is 75.0 Å². The highest BCUT2D eigenvalue weighted by Crippen LogP contribution is 2.41. The fraction of sp³-hybridized carbons (Fsp3) is 0.100. The van der Waals surface area contributed by atoms with E-state index in [1.54, 1.807) is 56.2 Å². The molecule has 0 radical (unpaired) electrons. The Kier molecular flexibility index (Phi) is 7.11. The van der Waals surface area contributed by atoms with Crippen LogP contribution >= 0.6 is 11.6 Å². The summed E-state index contributed by atoms with van der Waals surface area (Å²) in [6.45, 7) is 0.